The van der Waals surface area contributed by atoms with Crippen LogP contribution in [-0.4, -0.2) is 16.2 Å². The van der Waals surface area contributed by atoms with Gasteiger partial charge in [-0.3, -0.25) is 0 Å². The van der Waals surface area contributed by atoms with Crippen molar-refractivity contribution in [2.45, 2.75) is 65.7 Å². The van der Waals surface area contributed by atoms with E-state index >= 15 is 0 Å². The van der Waals surface area contributed by atoms with Gasteiger partial charge in [0.25, 0.3) is 0 Å². The van der Waals surface area contributed by atoms with Crippen LogP contribution in [0, 0.1) is 5.41 Å². The average molecular weight is 351 g/mol. The summed E-state index contributed by atoms with van der Waals surface area (Å²) in [7, 11) is 0. The van der Waals surface area contributed by atoms with E-state index in [0.717, 1.165) is 0 Å². The molecule has 0 N–H and O–H groups in total. The van der Waals surface area contributed by atoms with Crippen molar-refractivity contribution in [1.29, 1.82) is 0 Å². The number of hydrogen-bond acceptors (Lipinski definition) is 1. The smallest absolute Gasteiger partial charge is 0.0201 e. The number of hydrogen-bond donors (Lipinski definition) is 0. The van der Waals surface area contributed by atoms with Crippen LogP contribution in [0.2, 0.25) is 0 Å². The first-order valence-electron chi connectivity index (χ1n) is 7.12. The molecule has 0 aliphatic heterocycles. The minimum atomic E-state index is 0.359. The maximum absolute atomic E-state index is 3.96. The molecule has 1 nitrogen and oxygen atoms in total. The molecule has 0 aliphatic carbocycles. The quantitative estimate of drug-likeness (QED) is 0.203. The van der Waals surface area contributed by atoms with Crippen molar-refractivity contribution < 1.29 is 0 Å². The molecule has 0 heterocycles. The van der Waals surface area contributed by atoms with Crippen LogP contribution in [0.15, 0.2) is 12.7 Å². The molecule has 0 rings (SSSR count). The second kappa shape index (κ2) is 10.4. The Labute approximate surface area is 123 Å². The molecule has 0 aromatic carbocycles. The largest absolute Gasteiger partial charge is 0.248 e. The van der Waals surface area contributed by atoms with Gasteiger partial charge in [0.1, 0.15) is 0 Å². The lowest BCUT2D eigenvalue weighted by Gasteiger charge is -2.24. The van der Waals surface area contributed by atoms with Crippen molar-refractivity contribution in [3.63, 3.8) is 0 Å². The Kier molecular flexibility index (Phi) is 10.6. The van der Waals surface area contributed by atoms with Gasteiger partial charge in [0.05, 0.1) is 0 Å². The van der Waals surface area contributed by atoms with Gasteiger partial charge in [-0.15, -0.1) is 6.58 Å². The molecular weight excluding hydrogens is 321 g/mol. The molecule has 0 saturated carbocycles. The molecule has 1 atom stereocenters. The molecule has 0 aliphatic rings. The van der Waals surface area contributed by atoms with Crippen LogP contribution in [0.4, 0.5) is 0 Å². The van der Waals surface area contributed by atoms with Crippen molar-refractivity contribution in [3.05, 3.63) is 12.7 Å². The van der Waals surface area contributed by atoms with Crippen LogP contribution in [0.5, 0.6) is 0 Å². The standard InChI is InChI=1S/C15H30IN/c1-5-8-10-13-17(16)14-11-9-12-15(4,6-2)7-3/h6H,2,5,7-14H2,1,3-4H3. The first-order valence-corrected chi connectivity index (χ1v) is 8.08. The third-order valence-electron chi connectivity index (χ3n) is 3.70. The first-order chi connectivity index (χ1) is 8.08. The Hall–Kier alpha value is 0.430. The summed E-state index contributed by atoms with van der Waals surface area (Å²) < 4.78 is 2.45. The van der Waals surface area contributed by atoms with Gasteiger partial charge in [-0.25, -0.2) is 3.11 Å². The van der Waals surface area contributed by atoms with Gasteiger partial charge in [-0.2, -0.15) is 0 Å². The van der Waals surface area contributed by atoms with E-state index in [-0.39, 0.29) is 0 Å². The number of unbranched alkanes of at least 4 members (excludes halogenated alkanes) is 3. The van der Waals surface area contributed by atoms with Crippen molar-refractivity contribution in [1.82, 2.24) is 3.11 Å². The Bertz CT molecular complexity index is 193. The Morgan fingerprint density at radius 1 is 1.12 bits per heavy atom. The van der Waals surface area contributed by atoms with Gasteiger partial charge in [0, 0.05) is 36.0 Å². The van der Waals surface area contributed by atoms with E-state index in [0.29, 0.717) is 5.41 Å². The van der Waals surface area contributed by atoms with Crippen molar-refractivity contribution in [3.8, 4) is 0 Å². The number of rotatable bonds is 11. The van der Waals surface area contributed by atoms with E-state index in [2.05, 4.69) is 59.4 Å². The molecule has 102 valence electrons. The third kappa shape index (κ3) is 9.06. The zero-order valence-corrected chi connectivity index (χ0v) is 14.1. The molecule has 1 unspecified atom stereocenters. The van der Waals surface area contributed by atoms with Gasteiger partial charge >= 0.3 is 0 Å². The van der Waals surface area contributed by atoms with Crippen molar-refractivity contribution >= 4 is 22.9 Å². The molecule has 0 saturated heterocycles. The number of nitrogens with zero attached hydrogens (tertiary/aromatic N) is 1. The van der Waals surface area contributed by atoms with Gasteiger partial charge in [-0.1, -0.05) is 46.1 Å². The summed E-state index contributed by atoms with van der Waals surface area (Å²) in [4.78, 5) is 0. The number of halogens is 1. The third-order valence-corrected chi connectivity index (χ3v) is 4.67. The maximum atomic E-state index is 3.96. The monoisotopic (exact) mass is 351 g/mol. The van der Waals surface area contributed by atoms with E-state index in [4.69, 9.17) is 0 Å². The lowest BCUT2D eigenvalue weighted by molar-refractivity contribution is 0.351. The summed E-state index contributed by atoms with van der Waals surface area (Å²) in [6, 6.07) is 0. The summed E-state index contributed by atoms with van der Waals surface area (Å²) in [5.74, 6) is 0. The topological polar surface area (TPSA) is 3.24 Å². The highest BCUT2D eigenvalue weighted by atomic mass is 127. The lowest BCUT2D eigenvalue weighted by Crippen LogP contribution is -2.16. The Morgan fingerprint density at radius 3 is 2.18 bits per heavy atom. The summed E-state index contributed by atoms with van der Waals surface area (Å²) >= 11 is 2.47. The van der Waals surface area contributed by atoms with E-state index in [1.165, 1.54) is 58.0 Å². The van der Waals surface area contributed by atoms with Gasteiger partial charge in [0.2, 0.25) is 0 Å². The van der Waals surface area contributed by atoms with E-state index < -0.39 is 0 Å². The molecule has 0 bridgehead atoms. The maximum Gasteiger partial charge on any atom is 0.0201 e. The van der Waals surface area contributed by atoms with E-state index in [9.17, 15) is 0 Å². The van der Waals surface area contributed by atoms with Crippen molar-refractivity contribution in [2.75, 3.05) is 13.1 Å². The van der Waals surface area contributed by atoms with Crippen LogP contribution in [-0.2, 0) is 0 Å². The minimum Gasteiger partial charge on any atom is -0.248 e. The normalized spacial score (nSPS) is 14.9. The predicted octanol–water partition coefficient (Wildman–Crippen LogP) is 5.60. The molecule has 2 heteroatoms. The summed E-state index contributed by atoms with van der Waals surface area (Å²) in [6.45, 7) is 13.3. The van der Waals surface area contributed by atoms with Crippen LogP contribution in [0.3, 0.4) is 0 Å². The predicted molar refractivity (Wildman–Crippen MR) is 87.6 cm³/mol. The molecule has 17 heavy (non-hydrogen) atoms. The fourth-order valence-electron chi connectivity index (χ4n) is 1.88. The summed E-state index contributed by atoms with van der Waals surface area (Å²) in [5.41, 5.74) is 0.359. The van der Waals surface area contributed by atoms with Gasteiger partial charge in [-0.05, 0) is 31.1 Å². The second-order valence-electron chi connectivity index (χ2n) is 5.29. The molecule has 0 amide bonds. The lowest BCUT2D eigenvalue weighted by atomic mass is 9.82. The molecule has 0 fully saturated rings. The zero-order valence-electron chi connectivity index (χ0n) is 12.0. The van der Waals surface area contributed by atoms with Gasteiger partial charge < -0.3 is 0 Å². The minimum absolute atomic E-state index is 0.359. The Balaban J connectivity index is 3.53. The highest BCUT2D eigenvalue weighted by Gasteiger charge is 2.16. The Morgan fingerprint density at radius 2 is 1.71 bits per heavy atom. The zero-order chi connectivity index (χ0) is 13.1. The fourth-order valence-corrected chi connectivity index (χ4v) is 2.56. The van der Waals surface area contributed by atoms with Gasteiger partial charge in [0.15, 0.2) is 0 Å². The second-order valence-corrected chi connectivity index (χ2v) is 6.65. The first kappa shape index (κ1) is 17.4. The van der Waals surface area contributed by atoms with Crippen molar-refractivity contribution in [2.24, 2.45) is 5.41 Å². The van der Waals surface area contributed by atoms with E-state index in [1.54, 1.807) is 0 Å². The van der Waals surface area contributed by atoms with Crippen LogP contribution in [0.1, 0.15) is 65.7 Å². The molecule has 0 radical (unpaired) electrons. The van der Waals surface area contributed by atoms with Crippen LogP contribution >= 0.6 is 22.9 Å². The average Bonchev–Trinajstić information content (AvgIpc) is 2.35. The molecule has 0 aromatic rings. The highest BCUT2D eigenvalue weighted by Crippen LogP contribution is 2.29. The fraction of sp³-hybridized carbons (Fsp3) is 0.867. The van der Waals surface area contributed by atoms with Crippen LogP contribution in [0.25, 0.3) is 0 Å². The highest BCUT2D eigenvalue weighted by molar-refractivity contribution is 14.1. The molecular formula is C15H30IN. The van der Waals surface area contributed by atoms with Crippen LogP contribution < -0.4 is 0 Å². The SMILES string of the molecule is C=CC(C)(CC)CCCCN(I)CCCCC. The molecule has 0 aromatic heterocycles. The summed E-state index contributed by atoms with van der Waals surface area (Å²) in [5, 5.41) is 0. The molecule has 0 spiro atoms. The summed E-state index contributed by atoms with van der Waals surface area (Å²) in [6.07, 6.45) is 11.3. The van der Waals surface area contributed by atoms with E-state index in [1.807, 2.05) is 0 Å². The number of allylic oxidation sites excluding steroid dienone is 1.